The van der Waals surface area contributed by atoms with Crippen LogP contribution in [0, 0.1) is 0 Å². The molecule has 3 aromatic carbocycles. The van der Waals surface area contributed by atoms with Crippen LogP contribution in [0.15, 0.2) is 71.6 Å². The van der Waals surface area contributed by atoms with Gasteiger partial charge >= 0.3 is 0 Å². The first-order valence-electron chi connectivity index (χ1n) is 11.3. The molecule has 0 spiro atoms. The molecule has 1 aliphatic rings. The van der Waals surface area contributed by atoms with Crippen LogP contribution in [0.25, 0.3) is 6.08 Å². The minimum absolute atomic E-state index is 0.205. The maximum absolute atomic E-state index is 12.9. The van der Waals surface area contributed by atoms with Crippen molar-refractivity contribution in [1.29, 1.82) is 0 Å². The average Bonchev–Trinajstić information content (AvgIpc) is 3.13. The zero-order chi connectivity index (χ0) is 26.4. The molecule has 0 atom stereocenters. The minimum Gasteiger partial charge on any atom is -0.490 e. The van der Waals surface area contributed by atoms with Gasteiger partial charge in [-0.25, -0.2) is 0 Å². The fourth-order valence-electron chi connectivity index (χ4n) is 3.44. The van der Waals surface area contributed by atoms with Gasteiger partial charge in [-0.15, -0.1) is 0 Å². The first-order valence-corrected chi connectivity index (χ1v) is 12.8. The number of amides is 3. The molecule has 7 nitrogen and oxygen atoms in total. The summed E-state index contributed by atoms with van der Waals surface area (Å²) in [6, 6.07) is 19.1. The molecule has 3 amide bonds. The van der Waals surface area contributed by atoms with Crippen molar-refractivity contribution in [3.63, 3.8) is 0 Å². The maximum atomic E-state index is 12.9. The van der Waals surface area contributed by atoms with Crippen molar-refractivity contribution in [2.45, 2.75) is 13.5 Å². The van der Waals surface area contributed by atoms with Gasteiger partial charge in [-0.05, 0) is 72.8 Å². The molecule has 1 saturated heterocycles. The highest BCUT2D eigenvalue weighted by Gasteiger charge is 2.36. The fraction of sp³-hybridized carbons (Fsp3) is 0.148. The van der Waals surface area contributed by atoms with Gasteiger partial charge in [0.25, 0.3) is 11.1 Å². The van der Waals surface area contributed by atoms with Crippen LogP contribution in [0.2, 0.25) is 10.0 Å². The topological polar surface area (TPSA) is 84.9 Å². The van der Waals surface area contributed by atoms with Gasteiger partial charge in [-0.3, -0.25) is 19.3 Å². The van der Waals surface area contributed by atoms with E-state index in [9.17, 15) is 14.4 Å². The molecule has 3 aromatic rings. The number of hydrogen-bond acceptors (Lipinski definition) is 6. The second-order valence-corrected chi connectivity index (χ2v) is 9.68. The van der Waals surface area contributed by atoms with Gasteiger partial charge in [-0.2, -0.15) is 0 Å². The fourth-order valence-corrected chi connectivity index (χ4v) is 4.59. The Kier molecular flexibility index (Phi) is 8.76. The first kappa shape index (κ1) is 26.6. The molecule has 0 radical (unpaired) electrons. The number of rotatable bonds is 9. The zero-order valence-corrected chi connectivity index (χ0v) is 22.0. The molecule has 1 heterocycles. The third-order valence-electron chi connectivity index (χ3n) is 5.21. The van der Waals surface area contributed by atoms with Gasteiger partial charge in [0, 0.05) is 21.3 Å². The molecule has 1 N–H and O–H groups in total. The van der Waals surface area contributed by atoms with Crippen LogP contribution in [0.1, 0.15) is 18.1 Å². The Morgan fingerprint density at radius 1 is 1.00 bits per heavy atom. The lowest BCUT2D eigenvalue weighted by Crippen LogP contribution is -2.36. The van der Waals surface area contributed by atoms with Crippen LogP contribution in [-0.2, 0) is 16.2 Å². The summed E-state index contributed by atoms with van der Waals surface area (Å²) in [5, 5.41) is 3.26. The van der Waals surface area contributed by atoms with E-state index in [0.717, 1.165) is 22.2 Å². The van der Waals surface area contributed by atoms with Crippen molar-refractivity contribution in [2.24, 2.45) is 0 Å². The molecule has 4 rings (SSSR count). The second-order valence-electron chi connectivity index (χ2n) is 7.84. The van der Waals surface area contributed by atoms with Crippen molar-refractivity contribution in [3.8, 4) is 11.5 Å². The smallest absolute Gasteiger partial charge is 0.294 e. The van der Waals surface area contributed by atoms with Crippen LogP contribution in [0.3, 0.4) is 0 Å². The normalized spacial score (nSPS) is 14.2. The van der Waals surface area contributed by atoms with Gasteiger partial charge < -0.3 is 14.8 Å². The highest BCUT2D eigenvalue weighted by molar-refractivity contribution is 8.18. The maximum Gasteiger partial charge on any atom is 0.294 e. The highest BCUT2D eigenvalue weighted by atomic mass is 35.5. The third-order valence-corrected chi connectivity index (χ3v) is 6.74. The number of halogens is 2. The van der Waals surface area contributed by atoms with Crippen molar-refractivity contribution < 1.29 is 23.9 Å². The molecule has 0 aromatic heterocycles. The second kappa shape index (κ2) is 12.2. The van der Waals surface area contributed by atoms with Gasteiger partial charge in [-0.1, -0.05) is 47.5 Å². The summed E-state index contributed by atoms with van der Waals surface area (Å²) in [7, 11) is 0. The summed E-state index contributed by atoms with van der Waals surface area (Å²) in [5.74, 6) is -0.0291. The first-order chi connectivity index (χ1) is 17.8. The van der Waals surface area contributed by atoms with Crippen LogP contribution in [-0.4, -0.2) is 35.1 Å². The number of nitrogens with zero attached hydrogens (tertiary/aromatic N) is 1. The van der Waals surface area contributed by atoms with Crippen molar-refractivity contribution in [3.05, 3.63) is 92.8 Å². The van der Waals surface area contributed by atoms with Crippen molar-refractivity contribution in [1.82, 2.24) is 4.90 Å². The Hall–Kier alpha value is -3.46. The Morgan fingerprint density at radius 3 is 2.49 bits per heavy atom. The van der Waals surface area contributed by atoms with E-state index in [1.165, 1.54) is 0 Å². The quantitative estimate of drug-likeness (QED) is 0.297. The van der Waals surface area contributed by atoms with Gasteiger partial charge in [0.1, 0.15) is 13.2 Å². The average molecular weight is 557 g/mol. The standard InChI is InChI=1S/C27H22Cl2N2O5S/c1-2-35-23-13-17(7-12-22(23)36-16-18-5-3-4-6-21(18)29)14-24-26(33)31(27(34)37-24)15-25(32)30-20-10-8-19(28)9-11-20/h3-14H,2,15-16H2,1H3,(H,30,32)/b24-14+. The number of hydrogen-bond donors (Lipinski definition) is 1. The number of carbonyl (C=O) groups excluding carboxylic acids is 3. The lowest BCUT2D eigenvalue weighted by molar-refractivity contribution is -0.127. The minimum atomic E-state index is -0.543. The molecular formula is C27H22Cl2N2O5S. The molecular weight excluding hydrogens is 535 g/mol. The molecule has 0 unspecified atom stereocenters. The van der Waals surface area contributed by atoms with Crippen LogP contribution in [0.5, 0.6) is 11.5 Å². The van der Waals surface area contributed by atoms with Crippen molar-refractivity contribution in [2.75, 3.05) is 18.5 Å². The lowest BCUT2D eigenvalue weighted by atomic mass is 10.1. The summed E-state index contributed by atoms with van der Waals surface area (Å²) in [6.45, 7) is 2.12. The number of imide groups is 1. The molecule has 10 heteroatoms. The number of ether oxygens (including phenoxy) is 2. The summed E-state index contributed by atoms with van der Waals surface area (Å²) in [6.07, 6.45) is 1.59. The summed E-state index contributed by atoms with van der Waals surface area (Å²) < 4.78 is 11.6. The monoisotopic (exact) mass is 556 g/mol. The lowest BCUT2D eigenvalue weighted by Gasteiger charge is -2.13. The van der Waals surface area contributed by atoms with E-state index < -0.39 is 23.6 Å². The molecule has 0 bridgehead atoms. The predicted molar refractivity (Wildman–Crippen MR) is 146 cm³/mol. The Balaban J connectivity index is 1.45. The largest absolute Gasteiger partial charge is 0.490 e. The number of nitrogens with one attached hydrogen (secondary N) is 1. The SMILES string of the molecule is CCOc1cc(/C=C2/SC(=O)N(CC(=O)Nc3ccc(Cl)cc3)C2=O)ccc1OCc1ccccc1Cl. The van der Waals surface area contributed by atoms with E-state index in [4.69, 9.17) is 32.7 Å². The summed E-state index contributed by atoms with van der Waals surface area (Å²) >= 11 is 12.8. The van der Waals surface area contributed by atoms with Gasteiger partial charge in [0.15, 0.2) is 11.5 Å². The van der Waals surface area contributed by atoms with Crippen LogP contribution >= 0.6 is 35.0 Å². The number of thioether (sulfide) groups is 1. The van der Waals surface area contributed by atoms with E-state index in [1.54, 1.807) is 54.6 Å². The van der Waals surface area contributed by atoms with E-state index in [-0.39, 0.29) is 11.5 Å². The third kappa shape index (κ3) is 6.85. The number of carbonyl (C=O) groups is 3. The Bertz CT molecular complexity index is 1360. The summed E-state index contributed by atoms with van der Waals surface area (Å²) in [5.41, 5.74) is 1.99. The van der Waals surface area contributed by atoms with E-state index in [1.807, 2.05) is 25.1 Å². The van der Waals surface area contributed by atoms with Crippen LogP contribution < -0.4 is 14.8 Å². The van der Waals surface area contributed by atoms with Crippen molar-refractivity contribution >= 4 is 63.8 Å². The predicted octanol–water partition coefficient (Wildman–Crippen LogP) is 6.65. The number of benzene rings is 3. The van der Waals surface area contributed by atoms with Crippen LogP contribution in [0.4, 0.5) is 10.5 Å². The Labute approximate surface area is 228 Å². The molecule has 190 valence electrons. The molecule has 0 saturated carbocycles. The summed E-state index contributed by atoms with van der Waals surface area (Å²) in [4.78, 5) is 38.8. The van der Waals surface area contributed by atoms with Gasteiger partial charge in [0.05, 0.1) is 11.5 Å². The zero-order valence-electron chi connectivity index (χ0n) is 19.7. The molecule has 1 fully saturated rings. The molecule has 0 aliphatic carbocycles. The van der Waals surface area contributed by atoms with Gasteiger partial charge in [0.2, 0.25) is 5.91 Å². The molecule has 37 heavy (non-hydrogen) atoms. The Morgan fingerprint density at radius 2 is 1.76 bits per heavy atom. The number of anilines is 1. The van der Waals surface area contributed by atoms with E-state index in [2.05, 4.69) is 5.32 Å². The highest BCUT2D eigenvalue weighted by Crippen LogP contribution is 2.35. The van der Waals surface area contributed by atoms with E-state index in [0.29, 0.717) is 39.4 Å². The molecule has 1 aliphatic heterocycles. The van der Waals surface area contributed by atoms with E-state index >= 15 is 0 Å².